The Labute approximate surface area is 122 Å². The summed E-state index contributed by atoms with van der Waals surface area (Å²) in [5.41, 5.74) is 4.77. The molecule has 0 atom stereocenters. The molecule has 2 nitrogen and oxygen atoms in total. The maximum Gasteiger partial charge on any atom is 0.255 e. The van der Waals surface area contributed by atoms with Gasteiger partial charge in [-0.15, -0.1) is 0 Å². The second-order valence-electron chi connectivity index (χ2n) is 4.61. The first-order chi connectivity index (χ1) is 9.00. The molecule has 0 saturated carbocycles. The molecule has 0 spiro atoms. The molecule has 2 aromatic rings. The molecule has 0 unspecified atom stereocenters. The van der Waals surface area contributed by atoms with Crippen LogP contribution in [0.4, 0.5) is 5.69 Å². The van der Waals surface area contributed by atoms with Crippen molar-refractivity contribution in [1.82, 2.24) is 0 Å². The first kappa shape index (κ1) is 13.8. The first-order valence-corrected chi connectivity index (χ1v) is 6.92. The van der Waals surface area contributed by atoms with E-state index in [1.54, 1.807) is 0 Å². The molecule has 3 heteroatoms. The van der Waals surface area contributed by atoms with E-state index in [-0.39, 0.29) is 5.91 Å². The van der Waals surface area contributed by atoms with Crippen molar-refractivity contribution in [3.05, 3.63) is 63.1 Å². The number of benzene rings is 2. The van der Waals surface area contributed by atoms with Gasteiger partial charge in [0.2, 0.25) is 0 Å². The molecule has 0 radical (unpaired) electrons. The fraction of sp³-hybridized carbons (Fsp3) is 0.188. The van der Waals surface area contributed by atoms with Crippen LogP contribution < -0.4 is 5.32 Å². The van der Waals surface area contributed by atoms with Crippen LogP contribution in [0.2, 0.25) is 0 Å². The van der Waals surface area contributed by atoms with E-state index in [4.69, 9.17) is 0 Å². The van der Waals surface area contributed by atoms with Crippen molar-refractivity contribution >= 4 is 27.5 Å². The Morgan fingerprint density at radius 3 is 2.37 bits per heavy atom. The minimum Gasteiger partial charge on any atom is -0.322 e. The van der Waals surface area contributed by atoms with E-state index in [0.717, 1.165) is 26.9 Å². The van der Waals surface area contributed by atoms with E-state index in [0.29, 0.717) is 5.56 Å². The van der Waals surface area contributed by atoms with Crippen molar-refractivity contribution in [3.8, 4) is 0 Å². The highest BCUT2D eigenvalue weighted by Crippen LogP contribution is 2.26. The zero-order chi connectivity index (χ0) is 14.0. The van der Waals surface area contributed by atoms with Crippen LogP contribution in [0.15, 0.2) is 40.9 Å². The zero-order valence-electron chi connectivity index (χ0n) is 11.3. The molecule has 0 heterocycles. The van der Waals surface area contributed by atoms with Gasteiger partial charge in [0.25, 0.3) is 5.91 Å². The lowest BCUT2D eigenvalue weighted by atomic mass is 10.1. The van der Waals surface area contributed by atoms with E-state index in [1.165, 1.54) is 0 Å². The van der Waals surface area contributed by atoms with Crippen LogP contribution in [0.1, 0.15) is 27.0 Å². The van der Waals surface area contributed by atoms with Crippen LogP contribution in [0.3, 0.4) is 0 Å². The molecule has 0 bridgehead atoms. The second kappa shape index (κ2) is 5.57. The zero-order valence-corrected chi connectivity index (χ0v) is 12.8. The summed E-state index contributed by atoms with van der Waals surface area (Å²) in [6, 6.07) is 11.5. The van der Waals surface area contributed by atoms with Gasteiger partial charge in [-0.3, -0.25) is 4.79 Å². The summed E-state index contributed by atoms with van der Waals surface area (Å²) in [6.07, 6.45) is 0. The van der Waals surface area contributed by atoms with Crippen LogP contribution in [0.5, 0.6) is 0 Å². The third kappa shape index (κ3) is 2.87. The fourth-order valence-electron chi connectivity index (χ4n) is 1.94. The molecule has 0 saturated heterocycles. The van der Waals surface area contributed by atoms with Crippen LogP contribution in [0, 0.1) is 20.8 Å². The summed E-state index contributed by atoms with van der Waals surface area (Å²) >= 11 is 3.49. The van der Waals surface area contributed by atoms with Crippen molar-refractivity contribution < 1.29 is 4.79 Å². The van der Waals surface area contributed by atoms with Gasteiger partial charge in [0, 0.05) is 15.7 Å². The van der Waals surface area contributed by atoms with Crippen LogP contribution in [-0.2, 0) is 0 Å². The quantitative estimate of drug-likeness (QED) is 0.859. The Morgan fingerprint density at radius 2 is 1.68 bits per heavy atom. The van der Waals surface area contributed by atoms with Crippen LogP contribution in [-0.4, -0.2) is 5.91 Å². The summed E-state index contributed by atoms with van der Waals surface area (Å²) in [6.45, 7) is 5.98. The molecular formula is C16H16BrNO. The molecule has 1 amide bonds. The van der Waals surface area contributed by atoms with E-state index < -0.39 is 0 Å². The van der Waals surface area contributed by atoms with Gasteiger partial charge in [0.15, 0.2) is 0 Å². The standard InChI is InChI=1S/C16H16BrNO/c1-10-6-4-5-7-13(10)16(19)18-15-9-8-14(17)11(2)12(15)3/h4-9H,1-3H3,(H,18,19). The first-order valence-electron chi connectivity index (χ1n) is 6.13. The van der Waals surface area contributed by atoms with Gasteiger partial charge in [-0.05, 0) is 55.7 Å². The van der Waals surface area contributed by atoms with Gasteiger partial charge < -0.3 is 5.32 Å². The number of rotatable bonds is 2. The monoisotopic (exact) mass is 317 g/mol. The topological polar surface area (TPSA) is 29.1 Å². The fourth-order valence-corrected chi connectivity index (χ4v) is 2.37. The highest BCUT2D eigenvalue weighted by Gasteiger charge is 2.11. The van der Waals surface area contributed by atoms with Crippen molar-refractivity contribution in [2.45, 2.75) is 20.8 Å². The highest BCUT2D eigenvalue weighted by atomic mass is 79.9. The summed E-state index contributed by atoms with van der Waals surface area (Å²) in [4.78, 5) is 12.3. The highest BCUT2D eigenvalue weighted by molar-refractivity contribution is 9.10. The molecule has 0 aromatic heterocycles. The number of hydrogen-bond acceptors (Lipinski definition) is 1. The molecule has 0 aliphatic rings. The Bertz CT molecular complexity index is 635. The third-order valence-electron chi connectivity index (χ3n) is 3.36. The van der Waals surface area contributed by atoms with Crippen molar-refractivity contribution in [2.24, 2.45) is 0 Å². The lowest BCUT2D eigenvalue weighted by Gasteiger charge is -2.12. The number of nitrogens with one attached hydrogen (secondary N) is 1. The Balaban J connectivity index is 2.30. The lowest BCUT2D eigenvalue weighted by Crippen LogP contribution is -2.14. The summed E-state index contributed by atoms with van der Waals surface area (Å²) in [7, 11) is 0. The number of amides is 1. The normalized spacial score (nSPS) is 10.3. The maximum atomic E-state index is 12.3. The lowest BCUT2D eigenvalue weighted by molar-refractivity contribution is 0.102. The average molecular weight is 318 g/mol. The van der Waals surface area contributed by atoms with E-state index in [9.17, 15) is 4.79 Å². The Kier molecular flexibility index (Phi) is 4.05. The molecule has 0 aliphatic heterocycles. The number of hydrogen-bond donors (Lipinski definition) is 1. The van der Waals surface area contributed by atoms with Gasteiger partial charge in [-0.2, -0.15) is 0 Å². The van der Waals surface area contributed by atoms with Crippen molar-refractivity contribution in [2.75, 3.05) is 5.32 Å². The predicted octanol–water partition coefficient (Wildman–Crippen LogP) is 4.63. The van der Waals surface area contributed by atoms with E-state index in [1.807, 2.05) is 57.2 Å². The smallest absolute Gasteiger partial charge is 0.255 e. The molecule has 98 valence electrons. The number of carbonyl (C=O) groups is 1. The van der Waals surface area contributed by atoms with Crippen molar-refractivity contribution in [1.29, 1.82) is 0 Å². The molecular weight excluding hydrogens is 302 g/mol. The van der Waals surface area contributed by atoms with Gasteiger partial charge in [0.05, 0.1) is 0 Å². The maximum absolute atomic E-state index is 12.3. The number of halogens is 1. The molecule has 2 rings (SSSR count). The van der Waals surface area contributed by atoms with Gasteiger partial charge in [0.1, 0.15) is 0 Å². The number of anilines is 1. The second-order valence-corrected chi connectivity index (χ2v) is 5.47. The molecule has 0 aliphatic carbocycles. The third-order valence-corrected chi connectivity index (χ3v) is 4.22. The molecule has 0 fully saturated rings. The predicted molar refractivity (Wildman–Crippen MR) is 82.7 cm³/mol. The van der Waals surface area contributed by atoms with Crippen molar-refractivity contribution in [3.63, 3.8) is 0 Å². The number of aryl methyl sites for hydroxylation is 1. The molecule has 1 N–H and O–H groups in total. The largest absolute Gasteiger partial charge is 0.322 e. The summed E-state index contributed by atoms with van der Waals surface area (Å²) in [5.74, 6) is -0.0667. The molecule has 19 heavy (non-hydrogen) atoms. The van der Waals surface area contributed by atoms with Crippen LogP contribution in [0.25, 0.3) is 0 Å². The average Bonchev–Trinajstić information content (AvgIpc) is 2.40. The van der Waals surface area contributed by atoms with Crippen LogP contribution >= 0.6 is 15.9 Å². The van der Waals surface area contributed by atoms with Gasteiger partial charge >= 0.3 is 0 Å². The van der Waals surface area contributed by atoms with E-state index >= 15 is 0 Å². The summed E-state index contributed by atoms with van der Waals surface area (Å²) in [5, 5.41) is 2.98. The number of carbonyl (C=O) groups excluding carboxylic acids is 1. The SMILES string of the molecule is Cc1ccccc1C(=O)Nc1ccc(Br)c(C)c1C. The van der Waals surface area contributed by atoms with Gasteiger partial charge in [-0.25, -0.2) is 0 Å². The van der Waals surface area contributed by atoms with E-state index in [2.05, 4.69) is 21.2 Å². The minimum absolute atomic E-state index is 0.0667. The van der Waals surface area contributed by atoms with Gasteiger partial charge in [-0.1, -0.05) is 34.1 Å². The minimum atomic E-state index is -0.0667. The Hall–Kier alpha value is -1.61. The molecule has 2 aromatic carbocycles. The summed E-state index contributed by atoms with van der Waals surface area (Å²) < 4.78 is 1.05. The Morgan fingerprint density at radius 1 is 1.00 bits per heavy atom.